The molecule has 4 heteroatoms. The van der Waals surface area contributed by atoms with E-state index in [4.69, 9.17) is 4.98 Å². The van der Waals surface area contributed by atoms with Gasteiger partial charge in [0.25, 0.3) is 0 Å². The molecule has 0 saturated heterocycles. The van der Waals surface area contributed by atoms with E-state index in [2.05, 4.69) is 56.6 Å². The lowest BCUT2D eigenvalue weighted by Crippen LogP contribution is -2.04. The molecule has 2 aromatic rings. The summed E-state index contributed by atoms with van der Waals surface area (Å²) < 4.78 is 1.10. The van der Waals surface area contributed by atoms with Crippen molar-refractivity contribution in [3.05, 3.63) is 51.9 Å². The van der Waals surface area contributed by atoms with E-state index in [1.807, 2.05) is 7.05 Å². The zero-order valence-corrected chi connectivity index (χ0v) is 12.4. The van der Waals surface area contributed by atoms with E-state index in [0.29, 0.717) is 5.92 Å². The molecular weight excluding hydrogens is 302 g/mol. The molecule has 0 aliphatic heterocycles. The highest BCUT2D eigenvalue weighted by atomic mass is 79.9. The number of hydrogen-bond acceptors (Lipinski definition) is 3. The summed E-state index contributed by atoms with van der Waals surface area (Å²) in [4.78, 5) is 9.24. The summed E-state index contributed by atoms with van der Waals surface area (Å²) in [5, 5.41) is 3.13. The van der Waals surface area contributed by atoms with Crippen molar-refractivity contribution in [2.75, 3.05) is 12.4 Å². The number of hydrogen-bond donors (Lipinski definition) is 1. The maximum absolute atomic E-state index is 4.70. The van der Waals surface area contributed by atoms with Crippen LogP contribution in [-0.4, -0.2) is 17.0 Å². The minimum atomic E-state index is 0.652. The number of anilines is 1. The van der Waals surface area contributed by atoms with Crippen molar-refractivity contribution in [1.29, 1.82) is 0 Å². The van der Waals surface area contributed by atoms with Gasteiger partial charge in [0.05, 0.1) is 0 Å². The molecule has 1 fully saturated rings. The molecule has 0 spiro atoms. The lowest BCUT2D eigenvalue weighted by atomic mass is 10.1. The van der Waals surface area contributed by atoms with Crippen LogP contribution < -0.4 is 5.32 Å². The number of rotatable bonds is 4. The first-order valence-electron chi connectivity index (χ1n) is 6.54. The fraction of sp³-hybridized carbons (Fsp3) is 0.333. The number of halogens is 1. The minimum absolute atomic E-state index is 0.652. The summed E-state index contributed by atoms with van der Waals surface area (Å²) in [5.41, 5.74) is 2.42. The Kier molecular flexibility index (Phi) is 3.51. The Morgan fingerprint density at radius 3 is 2.58 bits per heavy atom. The zero-order valence-electron chi connectivity index (χ0n) is 10.9. The smallest absolute Gasteiger partial charge is 0.135 e. The minimum Gasteiger partial charge on any atom is -0.373 e. The van der Waals surface area contributed by atoms with Crippen LogP contribution in [0.5, 0.6) is 0 Å². The first kappa shape index (κ1) is 12.6. The quantitative estimate of drug-likeness (QED) is 0.933. The van der Waals surface area contributed by atoms with Gasteiger partial charge in [-0.1, -0.05) is 28.1 Å². The Morgan fingerprint density at radius 1 is 1.21 bits per heavy atom. The molecule has 0 bridgehead atoms. The number of nitrogens with one attached hydrogen (secondary N) is 1. The molecule has 0 unspecified atom stereocenters. The maximum Gasteiger partial charge on any atom is 0.135 e. The third-order valence-corrected chi connectivity index (χ3v) is 3.85. The van der Waals surface area contributed by atoms with Gasteiger partial charge in [0.15, 0.2) is 0 Å². The monoisotopic (exact) mass is 317 g/mol. The Morgan fingerprint density at radius 2 is 1.95 bits per heavy atom. The topological polar surface area (TPSA) is 37.8 Å². The second kappa shape index (κ2) is 5.29. The van der Waals surface area contributed by atoms with Crippen LogP contribution in [0.25, 0.3) is 0 Å². The molecule has 0 amide bonds. The zero-order chi connectivity index (χ0) is 13.2. The second-order valence-corrected chi connectivity index (χ2v) is 5.84. The van der Waals surface area contributed by atoms with Crippen molar-refractivity contribution in [2.24, 2.45) is 0 Å². The molecule has 1 aliphatic carbocycles. The first-order chi connectivity index (χ1) is 9.24. The molecule has 1 saturated carbocycles. The van der Waals surface area contributed by atoms with Crippen molar-refractivity contribution in [1.82, 2.24) is 9.97 Å². The van der Waals surface area contributed by atoms with E-state index in [-0.39, 0.29) is 0 Å². The van der Waals surface area contributed by atoms with E-state index in [9.17, 15) is 0 Å². The molecule has 0 atom stereocenters. The summed E-state index contributed by atoms with van der Waals surface area (Å²) in [7, 11) is 1.91. The molecule has 1 aromatic heterocycles. The fourth-order valence-electron chi connectivity index (χ4n) is 2.10. The summed E-state index contributed by atoms with van der Waals surface area (Å²) in [5.74, 6) is 2.47. The standard InChI is InChI=1S/C15H16BrN3/c1-17-14-9-13(11-4-5-11)18-15(19-14)8-10-2-6-12(16)7-3-10/h2-3,6-7,9,11H,4-5,8H2,1H3,(H,17,18,19). The van der Waals surface area contributed by atoms with Crippen molar-refractivity contribution >= 4 is 21.7 Å². The van der Waals surface area contributed by atoms with Crippen molar-refractivity contribution in [3.63, 3.8) is 0 Å². The van der Waals surface area contributed by atoms with Crippen LogP contribution in [0.3, 0.4) is 0 Å². The van der Waals surface area contributed by atoms with Gasteiger partial charge >= 0.3 is 0 Å². The van der Waals surface area contributed by atoms with Gasteiger partial charge in [-0.25, -0.2) is 9.97 Å². The number of benzene rings is 1. The van der Waals surface area contributed by atoms with Crippen molar-refractivity contribution < 1.29 is 0 Å². The van der Waals surface area contributed by atoms with E-state index >= 15 is 0 Å². The largest absolute Gasteiger partial charge is 0.373 e. The Labute approximate surface area is 121 Å². The van der Waals surface area contributed by atoms with E-state index in [1.165, 1.54) is 24.1 Å². The Bertz CT molecular complexity index is 576. The normalized spacial score (nSPS) is 14.4. The predicted octanol–water partition coefficient (Wildman–Crippen LogP) is 3.75. The summed E-state index contributed by atoms with van der Waals surface area (Å²) in [6.07, 6.45) is 3.30. The van der Waals surface area contributed by atoms with E-state index < -0.39 is 0 Å². The third-order valence-electron chi connectivity index (χ3n) is 3.32. The van der Waals surface area contributed by atoms with Gasteiger partial charge in [0.1, 0.15) is 11.6 Å². The van der Waals surface area contributed by atoms with Crippen LogP contribution in [0.15, 0.2) is 34.8 Å². The number of nitrogens with zero attached hydrogens (tertiary/aromatic N) is 2. The van der Waals surface area contributed by atoms with Crippen LogP contribution in [-0.2, 0) is 6.42 Å². The highest BCUT2D eigenvalue weighted by molar-refractivity contribution is 9.10. The Hall–Kier alpha value is -1.42. The van der Waals surface area contributed by atoms with Gasteiger partial charge in [0, 0.05) is 35.6 Å². The van der Waals surface area contributed by atoms with Gasteiger partial charge in [0.2, 0.25) is 0 Å². The molecule has 3 nitrogen and oxygen atoms in total. The fourth-order valence-corrected chi connectivity index (χ4v) is 2.36. The SMILES string of the molecule is CNc1cc(C2CC2)nc(Cc2ccc(Br)cc2)n1. The Balaban J connectivity index is 1.86. The number of aromatic nitrogens is 2. The lowest BCUT2D eigenvalue weighted by molar-refractivity contribution is 0.901. The van der Waals surface area contributed by atoms with Crippen molar-refractivity contribution in [2.45, 2.75) is 25.2 Å². The second-order valence-electron chi connectivity index (χ2n) is 4.92. The van der Waals surface area contributed by atoms with Crippen LogP contribution in [0.1, 0.15) is 35.8 Å². The van der Waals surface area contributed by atoms with Gasteiger partial charge < -0.3 is 5.32 Å². The molecule has 3 rings (SSSR count). The van der Waals surface area contributed by atoms with E-state index in [1.54, 1.807) is 0 Å². The van der Waals surface area contributed by atoms with Gasteiger partial charge in [-0.15, -0.1) is 0 Å². The average molecular weight is 318 g/mol. The lowest BCUT2D eigenvalue weighted by Gasteiger charge is -2.07. The first-order valence-corrected chi connectivity index (χ1v) is 7.34. The molecule has 98 valence electrons. The van der Waals surface area contributed by atoms with Crippen LogP contribution in [0.2, 0.25) is 0 Å². The molecule has 1 aromatic carbocycles. The highest BCUT2D eigenvalue weighted by Crippen LogP contribution is 2.39. The maximum atomic E-state index is 4.70. The van der Waals surface area contributed by atoms with Gasteiger partial charge in [-0.2, -0.15) is 0 Å². The van der Waals surface area contributed by atoms with Crippen LogP contribution in [0, 0.1) is 0 Å². The van der Waals surface area contributed by atoms with Crippen LogP contribution in [0.4, 0.5) is 5.82 Å². The van der Waals surface area contributed by atoms with E-state index in [0.717, 1.165) is 22.5 Å². The third kappa shape index (κ3) is 3.13. The average Bonchev–Trinajstić information content (AvgIpc) is 3.25. The molecule has 1 aliphatic rings. The molecule has 0 radical (unpaired) electrons. The molecule has 19 heavy (non-hydrogen) atoms. The molecule has 1 N–H and O–H groups in total. The molecular formula is C15H16BrN3. The molecule has 1 heterocycles. The summed E-state index contributed by atoms with van der Waals surface area (Å²) in [6, 6.07) is 10.4. The van der Waals surface area contributed by atoms with Crippen molar-refractivity contribution in [3.8, 4) is 0 Å². The predicted molar refractivity (Wildman–Crippen MR) is 80.5 cm³/mol. The van der Waals surface area contributed by atoms with Gasteiger partial charge in [-0.05, 0) is 30.5 Å². The highest BCUT2D eigenvalue weighted by Gasteiger charge is 2.26. The summed E-state index contributed by atoms with van der Waals surface area (Å²) >= 11 is 3.45. The summed E-state index contributed by atoms with van der Waals surface area (Å²) in [6.45, 7) is 0. The van der Waals surface area contributed by atoms with Gasteiger partial charge in [-0.3, -0.25) is 0 Å². The van der Waals surface area contributed by atoms with Crippen LogP contribution >= 0.6 is 15.9 Å².